The van der Waals surface area contributed by atoms with Crippen LogP contribution >= 0.6 is 11.6 Å². The standard InChI is InChI=1S/C14H17ClF2O/c15-12-3-1-2-10(8-12)9-13(18)11-4-6-14(16,17)7-5-11/h1-3,8,11,13,18H,4-7,9H2. The van der Waals surface area contributed by atoms with Crippen LogP contribution in [0.15, 0.2) is 24.3 Å². The lowest BCUT2D eigenvalue weighted by atomic mass is 9.81. The third-order valence-electron chi connectivity index (χ3n) is 3.64. The molecule has 0 radical (unpaired) electrons. The minimum atomic E-state index is -2.54. The van der Waals surface area contributed by atoms with E-state index < -0.39 is 12.0 Å². The number of benzene rings is 1. The summed E-state index contributed by atoms with van der Waals surface area (Å²) >= 11 is 5.87. The molecule has 1 aliphatic rings. The smallest absolute Gasteiger partial charge is 0.248 e. The Morgan fingerprint density at radius 3 is 2.61 bits per heavy atom. The van der Waals surface area contributed by atoms with Gasteiger partial charge in [0.15, 0.2) is 0 Å². The topological polar surface area (TPSA) is 20.2 Å². The third kappa shape index (κ3) is 3.66. The molecule has 1 unspecified atom stereocenters. The highest BCUT2D eigenvalue weighted by molar-refractivity contribution is 6.30. The van der Waals surface area contributed by atoms with Gasteiger partial charge in [0, 0.05) is 17.9 Å². The summed E-state index contributed by atoms with van der Waals surface area (Å²) in [7, 11) is 0. The molecule has 1 fully saturated rings. The zero-order valence-electron chi connectivity index (χ0n) is 10.1. The lowest BCUT2D eigenvalue weighted by Crippen LogP contribution is -2.32. The molecule has 1 N–H and O–H groups in total. The summed E-state index contributed by atoms with van der Waals surface area (Å²) in [5, 5.41) is 10.7. The van der Waals surface area contributed by atoms with E-state index in [1.807, 2.05) is 18.2 Å². The molecule has 1 atom stereocenters. The Kier molecular flexibility index (Phi) is 4.23. The quantitative estimate of drug-likeness (QED) is 0.881. The van der Waals surface area contributed by atoms with E-state index in [0.29, 0.717) is 24.3 Å². The van der Waals surface area contributed by atoms with Crippen LogP contribution in [-0.2, 0) is 6.42 Å². The van der Waals surface area contributed by atoms with Gasteiger partial charge in [-0.15, -0.1) is 0 Å². The van der Waals surface area contributed by atoms with Gasteiger partial charge in [-0.1, -0.05) is 23.7 Å². The predicted molar refractivity (Wildman–Crippen MR) is 68.1 cm³/mol. The van der Waals surface area contributed by atoms with E-state index in [1.54, 1.807) is 6.07 Å². The molecular formula is C14H17ClF2O. The van der Waals surface area contributed by atoms with Crippen LogP contribution in [0.1, 0.15) is 31.2 Å². The number of alkyl halides is 2. The zero-order valence-corrected chi connectivity index (χ0v) is 10.8. The van der Waals surface area contributed by atoms with E-state index in [1.165, 1.54) is 0 Å². The van der Waals surface area contributed by atoms with E-state index in [0.717, 1.165) is 5.56 Å². The maximum Gasteiger partial charge on any atom is 0.248 e. The second-order valence-corrected chi connectivity index (χ2v) is 5.53. The maximum atomic E-state index is 13.0. The number of aliphatic hydroxyl groups is 1. The van der Waals surface area contributed by atoms with Crippen molar-refractivity contribution in [1.82, 2.24) is 0 Å². The molecule has 1 aromatic carbocycles. The van der Waals surface area contributed by atoms with Crippen molar-refractivity contribution in [2.45, 2.75) is 44.1 Å². The van der Waals surface area contributed by atoms with Crippen molar-refractivity contribution in [3.8, 4) is 0 Å². The van der Waals surface area contributed by atoms with Crippen LogP contribution < -0.4 is 0 Å². The van der Waals surface area contributed by atoms with Gasteiger partial charge in [-0.2, -0.15) is 0 Å². The highest BCUT2D eigenvalue weighted by atomic mass is 35.5. The first-order valence-corrected chi connectivity index (χ1v) is 6.64. The van der Waals surface area contributed by atoms with Crippen LogP contribution in [0.4, 0.5) is 8.78 Å². The predicted octanol–water partition coefficient (Wildman–Crippen LogP) is 4.07. The highest BCUT2D eigenvalue weighted by Crippen LogP contribution is 2.38. The van der Waals surface area contributed by atoms with Gasteiger partial charge < -0.3 is 5.11 Å². The van der Waals surface area contributed by atoms with E-state index in [4.69, 9.17) is 11.6 Å². The molecule has 0 spiro atoms. The fourth-order valence-corrected chi connectivity index (χ4v) is 2.73. The van der Waals surface area contributed by atoms with Crippen LogP contribution in [0.5, 0.6) is 0 Å². The molecule has 0 aliphatic heterocycles. The minimum absolute atomic E-state index is 0.0244. The summed E-state index contributed by atoms with van der Waals surface area (Å²) < 4.78 is 26.0. The van der Waals surface area contributed by atoms with Crippen LogP contribution in [-0.4, -0.2) is 17.1 Å². The summed E-state index contributed by atoms with van der Waals surface area (Å²) in [4.78, 5) is 0. The SMILES string of the molecule is OC(Cc1cccc(Cl)c1)C1CCC(F)(F)CC1. The molecule has 0 aromatic heterocycles. The molecule has 1 aliphatic carbocycles. The molecule has 0 heterocycles. The van der Waals surface area contributed by atoms with Gasteiger partial charge in [0.1, 0.15) is 0 Å². The maximum absolute atomic E-state index is 13.0. The van der Waals surface area contributed by atoms with Crippen molar-refractivity contribution in [3.63, 3.8) is 0 Å². The molecule has 100 valence electrons. The fraction of sp³-hybridized carbons (Fsp3) is 0.571. The van der Waals surface area contributed by atoms with Crippen LogP contribution in [0.3, 0.4) is 0 Å². The summed E-state index contributed by atoms with van der Waals surface area (Å²) in [6.07, 6.45) is 0.508. The van der Waals surface area contributed by atoms with E-state index in [-0.39, 0.29) is 18.8 Å². The van der Waals surface area contributed by atoms with Gasteiger partial charge in [0.05, 0.1) is 6.10 Å². The van der Waals surface area contributed by atoms with Crippen molar-refractivity contribution in [2.75, 3.05) is 0 Å². The Morgan fingerprint density at radius 1 is 1.33 bits per heavy atom. The Labute approximate surface area is 111 Å². The lowest BCUT2D eigenvalue weighted by molar-refractivity contribution is -0.0619. The number of rotatable bonds is 3. The van der Waals surface area contributed by atoms with Crippen molar-refractivity contribution in [2.24, 2.45) is 5.92 Å². The van der Waals surface area contributed by atoms with Crippen molar-refractivity contribution in [1.29, 1.82) is 0 Å². The first kappa shape index (κ1) is 13.8. The molecule has 0 saturated heterocycles. The molecule has 1 aromatic rings. The van der Waals surface area contributed by atoms with Gasteiger partial charge in [-0.3, -0.25) is 0 Å². The first-order valence-electron chi connectivity index (χ1n) is 6.27. The highest BCUT2D eigenvalue weighted by Gasteiger charge is 2.37. The van der Waals surface area contributed by atoms with E-state index >= 15 is 0 Å². The Bertz CT molecular complexity index is 399. The molecular weight excluding hydrogens is 258 g/mol. The van der Waals surface area contributed by atoms with Gasteiger partial charge in [-0.25, -0.2) is 8.78 Å². The Hall–Kier alpha value is -0.670. The molecule has 18 heavy (non-hydrogen) atoms. The molecule has 0 amide bonds. The molecule has 1 nitrogen and oxygen atoms in total. The van der Waals surface area contributed by atoms with Gasteiger partial charge in [0.25, 0.3) is 0 Å². The van der Waals surface area contributed by atoms with Crippen molar-refractivity contribution in [3.05, 3.63) is 34.9 Å². The van der Waals surface area contributed by atoms with Crippen LogP contribution in [0.25, 0.3) is 0 Å². The third-order valence-corrected chi connectivity index (χ3v) is 3.87. The monoisotopic (exact) mass is 274 g/mol. The second kappa shape index (κ2) is 5.54. The molecule has 0 bridgehead atoms. The van der Waals surface area contributed by atoms with E-state index in [2.05, 4.69) is 0 Å². The lowest BCUT2D eigenvalue weighted by Gasteiger charge is -2.31. The van der Waals surface area contributed by atoms with Gasteiger partial charge >= 0.3 is 0 Å². The summed E-state index contributed by atoms with van der Waals surface area (Å²) in [5.74, 6) is -2.56. The van der Waals surface area contributed by atoms with Crippen molar-refractivity contribution < 1.29 is 13.9 Å². The summed E-state index contributed by atoms with van der Waals surface area (Å²) in [6, 6.07) is 7.31. The van der Waals surface area contributed by atoms with E-state index in [9.17, 15) is 13.9 Å². The second-order valence-electron chi connectivity index (χ2n) is 5.09. The largest absolute Gasteiger partial charge is 0.392 e. The number of halogens is 3. The van der Waals surface area contributed by atoms with Crippen LogP contribution in [0.2, 0.25) is 5.02 Å². The first-order chi connectivity index (χ1) is 8.46. The fourth-order valence-electron chi connectivity index (χ4n) is 2.52. The average Bonchev–Trinajstić information content (AvgIpc) is 2.28. The zero-order chi connectivity index (χ0) is 13.2. The minimum Gasteiger partial charge on any atom is -0.392 e. The number of hydrogen-bond donors (Lipinski definition) is 1. The molecule has 2 rings (SSSR count). The van der Waals surface area contributed by atoms with Gasteiger partial charge in [-0.05, 0) is 42.9 Å². The average molecular weight is 275 g/mol. The normalized spacial score (nSPS) is 21.8. The van der Waals surface area contributed by atoms with Gasteiger partial charge in [0.2, 0.25) is 5.92 Å². The Balaban J connectivity index is 1.91. The van der Waals surface area contributed by atoms with Crippen LogP contribution in [0, 0.1) is 5.92 Å². The molecule has 1 saturated carbocycles. The number of hydrogen-bond acceptors (Lipinski definition) is 1. The Morgan fingerprint density at radius 2 is 2.00 bits per heavy atom. The molecule has 4 heteroatoms. The van der Waals surface area contributed by atoms with Crippen molar-refractivity contribution >= 4 is 11.6 Å². The number of aliphatic hydroxyl groups excluding tert-OH is 1. The summed E-state index contributed by atoms with van der Waals surface area (Å²) in [6.45, 7) is 0. The summed E-state index contributed by atoms with van der Waals surface area (Å²) in [5.41, 5.74) is 0.951.